The molecule has 1 unspecified atom stereocenters. The Hall–Kier alpha value is -0.540. The summed E-state index contributed by atoms with van der Waals surface area (Å²) in [7, 11) is 0. The van der Waals surface area contributed by atoms with Gasteiger partial charge >= 0.3 is 0 Å². The summed E-state index contributed by atoms with van der Waals surface area (Å²) in [5.41, 5.74) is 1.72. The van der Waals surface area contributed by atoms with Crippen molar-refractivity contribution < 1.29 is 4.79 Å². The zero-order chi connectivity index (χ0) is 13.7. The van der Waals surface area contributed by atoms with Crippen molar-refractivity contribution in [1.29, 1.82) is 0 Å². The summed E-state index contributed by atoms with van der Waals surface area (Å²) in [6.07, 6.45) is 0.902. The fraction of sp³-hybridized carbons (Fsp3) is 0.500. The Bertz CT molecular complexity index is 400. The van der Waals surface area contributed by atoms with Crippen LogP contribution in [0.3, 0.4) is 0 Å². The summed E-state index contributed by atoms with van der Waals surface area (Å²) in [6, 6.07) is 5.65. The molecule has 0 aromatic heterocycles. The number of carbonyl (C=O) groups is 1. The van der Waals surface area contributed by atoms with E-state index in [4.69, 9.17) is 11.6 Å². The standard InChI is InChI=1S/C14H19BrClNO/c1-9(2)4-13(16)8-17-14(18)11-5-10(3)6-12(15)7-11/h5-7,9,13H,4,8H2,1-3H3,(H,17,18). The van der Waals surface area contributed by atoms with E-state index in [1.54, 1.807) is 0 Å². The van der Waals surface area contributed by atoms with Crippen LogP contribution < -0.4 is 5.32 Å². The highest BCUT2D eigenvalue weighted by Gasteiger charge is 2.11. The van der Waals surface area contributed by atoms with Crippen molar-refractivity contribution in [3.63, 3.8) is 0 Å². The summed E-state index contributed by atoms with van der Waals surface area (Å²) in [4.78, 5) is 11.9. The molecule has 0 fully saturated rings. The molecule has 0 bridgehead atoms. The second-order valence-electron chi connectivity index (χ2n) is 4.95. The number of carbonyl (C=O) groups excluding carboxylic acids is 1. The van der Waals surface area contributed by atoms with Gasteiger partial charge in [0, 0.05) is 16.6 Å². The number of amides is 1. The van der Waals surface area contributed by atoms with Crippen molar-refractivity contribution in [2.45, 2.75) is 32.6 Å². The first-order chi connectivity index (χ1) is 8.38. The molecule has 0 heterocycles. The Morgan fingerprint density at radius 2 is 2.06 bits per heavy atom. The van der Waals surface area contributed by atoms with E-state index in [-0.39, 0.29) is 11.3 Å². The summed E-state index contributed by atoms with van der Waals surface area (Å²) in [6.45, 7) is 6.71. The maximum atomic E-state index is 11.9. The normalized spacial score (nSPS) is 12.6. The van der Waals surface area contributed by atoms with E-state index in [0.717, 1.165) is 16.5 Å². The molecular formula is C14H19BrClNO. The minimum atomic E-state index is -0.0752. The lowest BCUT2D eigenvalue weighted by Crippen LogP contribution is -2.30. The van der Waals surface area contributed by atoms with Gasteiger partial charge in [0.15, 0.2) is 0 Å². The summed E-state index contributed by atoms with van der Waals surface area (Å²) < 4.78 is 0.914. The van der Waals surface area contributed by atoms with Crippen LogP contribution in [0.25, 0.3) is 0 Å². The quantitative estimate of drug-likeness (QED) is 0.807. The average molecular weight is 333 g/mol. The molecule has 1 N–H and O–H groups in total. The van der Waals surface area contributed by atoms with Crippen LogP contribution in [-0.4, -0.2) is 17.8 Å². The van der Waals surface area contributed by atoms with Crippen molar-refractivity contribution in [3.05, 3.63) is 33.8 Å². The van der Waals surface area contributed by atoms with Crippen LogP contribution in [0.15, 0.2) is 22.7 Å². The molecule has 18 heavy (non-hydrogen) atoms. The Kier molecular flexibility index (Phi) is 6.16. The van der Waals surface area contributed by atoms with E-state index in [1.165, 1.54) is 0 Å². The molecule has 0 radical (unpaired) electrons. The molecule has 4 heteroatoms. The third-order valence-corrected chi connectivity index (χ3v) is 3.31. The zero-order valence-corrected chi connectivity index (χ0v) is 13.3. The van der Waals surface area contributed by atoms with Gasteiger partial charge in [-0.1, -0.05) is 29.8 Å². The number of hydrogen-bond donors (Lipinski definition) is 1. The lowest BCUT2D eigenvalue weighted by Gasteiger charge is -2.13. The summed E-state index contributed by atoms with van der Waals surface area (Å²) >= 11 is 9.53. The highest BCUT2D eigenvalue weighted by molar-refractivity contribution is 9.10. The van der Waals surface area contributed by atoms with Gasteiger partial charge < -0.3 is 5.32 Å². The molecule has 100 valence electrons. The zero-order valence-electron chi connectivity index (χ0n) is 11.0. The van der Waals surface area contributed by atoms with Gasteiger partial charge in [0.2, 0.25) is 0 Å². The topological polar surface area (TPSA) is 29.1 Å². The summed E-state index contributed by atoms with van der Waals surface area (Å²) in [5, 5.41) is 2.85. The van der Waals surface area contributed by atoms with E-state index in [1.807, 2.05) is 25.1 Å². The van der Waals surface area contributed by atoms with Gasteiger partial charge in [-0.3, -0.25) is 4.79 Å². The van der Waals surface area contributed by atoms with Gasteiger partial charge in [-0.25, -0.2) is 0 Å². The largest absolute Gasteiger partial charge is 0.351 e. The summed E-state index contributed by atoms with van der Waals surface area (Å²) in [5.74, 6) is 0.464. The predicted octanol–water partition coefficient (Wildman–Crippen LogP) is 4.14. The first-order valence-corrected chi connectivity index (χ1v) is 7.31. The minimum Gasteiger partial charge on any atom is -0.351 e. The molecule has 0 saturated heterocycles. The fourth-order valence-electron chi connectivity index (χ4n) is 1.77. The highest BCUT2D eigenvalue weighted by Crippen LogP contribution is 2.15. The number of rotatable bonds is 5. The molecule has 2 nitrogen and oxygen atoms in total. The number of alkyl halides is 1. The smallest absolute Gasteiger partial charge is 0.251 e. The molecule has 1 amide bonds. The molecular weight excluding hydrogens is 314 g/mol. The maximum Gasteiger partial charge on any atom is 0.251 e. The highest BCUT2D eigenvalue weighted by atomic mass is 79.9. The number of hydrogen-bond acceptors (Lipinski definition) is 1. The number of halogens is 2. The molecule has 0 saturated carbocycles. The van der Waals surface area contributed by atoms with Gasteiger partial charge in [0.25, 0.3) is 5.91 Å². The minimum absolute atomic E-state index is 0.0119. The van der Waals surface area contributed by atoms with Crippen molar-refractivity contribution in [2.75, 3.05) is 6.54 Å². The SMILES string of the molecule is Cc1cc(Br)cc(C(=O)NCC(Cl)CC(C)C)c1. The Morgan fingerprint density at radius 3 is 2.61 bits per heavy atom. The first-order valence-electron chi connectivity index (χ1n) is 6.08. The molecule has 0 aliphatic rings. The third kappa shape index (κ3) is 5.40. The molecule has 1 atom stereocenters. The van der Waals surface area contributed by atoms with E-state index in [2.05, 4.69) is 35.1 Å². The van der Waals surface area contributed by atoms with E-state index in [0.29, 0.717) is 18.0 Å². The van der Waals surface area contributed by atoms with Crippen LogP contribution in [0.2, 0.25) is 0 Å². The Labute approximate surface area is 122 Å². The van der Waals surface area contributed by atoms with E-state index < -0.39 is 0 Å². The van der Waals surface area contributed by atoms with Crippen molar-refractivity contribution in [3.8, 4) is 0 Å². The van der Waals surface area contributed by atoms with Gasteiger partial charge in [-0.05, 0) is 43.0 Å². The number of nitrogens with one attached hydrogen (secondary N) is 1. The van der Waals surface area contributed by atoms with Gasteiger partial charge in [-0.15, -0.1) is 11.6 Å². The fourth-order valence-corrected chi connectivity index (χ4v) is 2.81. The van der Waals surface area contributed by atoms with E-state index >= 15 is 0 Å². The first kappa shape index (κ1) is 15.5. The Balaban J connectivity index is 2.55. The maximum absolute atomic E-state index is 11.9. The molecule has 0 aliphatic carbocycles. The average Bonchev–Trinajstić information content (AvgIpc) is 2.23. The van der Waals surface area contributed by atoms with E-state index in [9.17, 15) is 4.79 Å². The van der Waals surface area contributed by atoms with Crippen molar-refractivity contribution in [1.82, 2.24) is 5.32 Å². The molecule has 1 rings (SSSR count). The van der Waals surface area contributed by atoms with Crippen LogP contribution in [0, 0.1) is 12.8 Å². The number of benzene rings is 1. The Morgan fingerprint density at radius 1 is 1.39 bits per heavy atom. The lowest BCUT2D eigenvalue weighted by molar-refractivity contribution is 0.0952. The second-order valence-corrected chi connectivity index (χ2v) is 6.49. The molecule has 1 aromatic rings. The van der Waals surface area contributed by atoms with Crippen LogP contribution in [-0.2, 0) is 0 Å². The lowest BCUT2D eigenvalue weighted by atomic mass is 10.1. The van der Waals surface area contributed by atoms with Gasteiger partial charge in [0.05, 0.1) is 5.38 Å². The molecule has 1 aromatic carbocycles. The second kappa shape index (κ2) is 7.15. The van der Waals surface area contributed by atoms with Gasteiger partial charge in [-0.2, -0.15) is 0 Å². The monoisotopic (exact) mass is 331 g/mol. The van der Waals surface area contributed by atoms with Crippen molar-refractivity contribution in [2.24, 2.45) is 5.92 Å². The van der Waals surface area contributed by atoms with Gasteiger partial charge in [0.1, 0.15) is 0 Å². The van der Waals surface area contributed by atoms with Crippen LogP contribution in [0.1, 0.15) is 36.2 Å². The van der Waals surface area contributed by atoms with Crippen molar-refractivity contribution >= 4 is 33.4 Å². The molecule has 0 aliphatic heterocycles. The predicted molar refractivity (Wildman–Crippen MR) is 80.3 cm³/mol. The van der Waals surface area contributed by atoms with Crippen LogP contribution in [0.5, 0.6) is 0 Å². The number of aryl methyl sites for hydroxylation is 1. The molecule has 0 spiro atoms. The van der Waals surface area contributed by atoms with Crippen LogP contribution >= 0.6 is 27.5 Å². The third-order valence-electron chi connectivity index (χ3n) is 2.52. The van der Waals surface area contributed by atoms with Crippen LogP contribution in [0.4, 0.5) is 0 Å².